The molecule has 3 aromatic heterocycles. The zero-order chi connectivity index (χ0) is 39.1. The largest absolute Gasteiger partial charge is 0.454 e. The number of nitrogens with zero attached hydrogens (tertiary/aromatic N) is 7. The lowest BCUT2D eigenvalue weighted by molar-refractivity contribution is -0.832. The summed E-state index contributed by atoms with van der Waals surface area (Å²) in [5.74, 6) is 0.611. The number of carbonyl (C=O) groups excluding carboxylic acids is 2. The highest BCUT2D eigenvalue weighted by molar-refractivity contribution is 7.91. The summed E-state index contributed by atoms with van der Waals surface area (Å²) in [7, 11) is -4.16. The monoisotopic (exact) mass is 794 g/mol. The molecule has 0 aliphatic carbocycles. The Morgan fingerprint density at radius 3 is 2.56 bits per heavy atom. The number of aromatic nitrogens is 6. The van der Waals surface area contributed by atoms with Crippen molar-refractivity contribution in [1.29, 1.82) is 0 Å². The number of aromatic amines is 1. The molecule has 0 saturated carbocycles. The van der Waals surface area contributed by atoms with Gasteiger partial charge in [0.05, 0.1) is 29.4 Å². The van der Waals surface area contributed by atoms with Crippen molar-refractivity contribution in [1.82, 2.24) is 34.9 Å². The summed E-state index contributed by atoms with van der Waals surface area (Å²) in [6, 6.07) is 19.6. The van der Waals surface area contributed by atoms with Gasteiger partial charge in [-0.2, -0.15) is 0 Å². The van der Waals surface area contributed by atoms with E-state index in [0.717, 1.165) is 59.8 Å². The summed E-state index contributed by atoms with van der Waals surface area (Å²) >= 11 is 0. The molecule has 6 heterocycles. The van der Waals surface area contributed by atoms with E-state index in [-0.39, 0.29) is 47.6 Å². The van der Waals surface area contributed by atoms with Crippen LogP contribution in [0.1, 0.15) is 67.1 Å². The third kappa shape index (κ3) is 6.68. The zero-order valence-electron chi connectivity index (χ0n) is 30.7. The molecule has 0 spiro atoms. The van der Waals surface area contributed by atoms with Gasteiger partial charge in [-0.05, 0) is 59.2 Å². The van der Waals surface area contributed by atoms with Crippen LogP contribution in [0.3, 0.4) is 0 Å². The molecule has 3 aromatic carbocycles. The van der Waals surface area contributed by atoms with Gasteiger partial charge in [0.25, 0.3) is 15.7 Å². The van der Waals surface area contributed by atoms with Crippen LogP contribution < -0.4 is 19.1 Å². The number of para-hydroxylation sites is 1. The van der Waals surface area contributed by atoms with Crippen LogP contribution >= 0.6 is 0 Å². The predicted octanol–water partition coefficient (Wildman–Crippen LogP) is 4.84. The van der Waals surface area contributed by atoms with Gasteiger partial charge in [0.2, 0.25) is 6.79 Å². The number of aryl methyl sites for hydroxylation is 1. The van der Waals surface area contributed by atoms with Gasteiger partial charge in [-0.25, -0.2) is 13.2 Å². The van der Waals surface area contributed by atoms with Gasteiger partial charge in [0, 0.05) is 29.6 Å². The number of urea groups is 1. The van der Waals surface area contributed by atoms with Crippen LogP contribution in [0.5, 0.6) is 17.4 Å². The average Bonchev–Trinajstić information content (AvgIpc) is 4.06. The lowest BCUT2D eigenvalue weighted by Gasteiger charge is -2.36. The molecule has 0 radical (unpaired) electrons. The molecule has 1 N–H and O–H groups in total. The number of rotatable bonds is 15. The lowest BCUT2D eigenvalue weighted by Crippen LogP contribution is -2.44. The molecule has 2 atom stereocenters. The molecule has 57 heavy (non-hydrogen) atoms. The van der Waals surface area contributed by atoms with Crippen molar-refractivity contribution in [2.75, 3.05) is 13.4 Å². The number of benzene rings is 3. The number of unbranched alkanes of at least 4 members (excludes halogenated alkanes) is 5. The molecular weight excluding hydrogens is 757 g/mol. The first-order valence-electron chi connectivity index (χ1n) is 18.8. The first-order chi connectivity index (χ1) is 27.8. The molecule has 18 heteroatoms. The molecule has 294 valence electrons. The molecule has 3 amide bonds. The number of ether oxygens (including phenoxy) is 3. The van der Waals surface area contributed by atoms with Crippen molar-refractivity contribution >= 4 is 32.7 Å². The lowest BCUT2D eigenvalue weighted by atomic mass is 9.88. The Balaban J connectivity index is 0.768. The summed E-state index contributed by atoms with van der Waals surface area (Å²) in [6.45, 7) is 0.941. The van der Waals surface area contributed by atoms with Gasteiger partial charge in [-0.3, -0.25) is 23.9 Å². The highest BCUT2D eigenvalue weighted by atomic mass is 32.2. The number of amides is 3. The maximum atomic E-state index is 14.2. The number of fused-ring (bicyclic) bond motifs is 5. The second-order valence-electron chi connectivity index (χ2n) is 14.2. The van der Waals surface area contributed by atoms with E-state index >= 15 is 0 Å². The molecule has 17 nitrogen and oxygen atoms in total. The van der Waals surface area contributed by atoms with Gasteiger partial charge in [-0.15, -0.1) is 5.10 Å². The van der Waals surface area contributed by atoms with E-state index in [4.69, 9.17) is 14.2 Å². The van der Waals surface area contributed by atoms with Crippen LogP contribution in [0.25, 0.3) is 10.9 Å². The Morgan fingerprint density at radius 2 is 1.70 bits per heavy atom. The topological polar surface area (TPSA) is 202 Å². The van der Waals surface area contributed by atoms with Crippen molar-refractivity contribution in [2.24, 2.45) is 0 Å². The molecule has 3 aliphatic heterocycles. The number of imide groups is 1. The minimum Gasteiger partial charge on any atom is -0.454 e. The number of sulfone groups is 1. The number of nitrogens with one attached hydrogen (secondary N) is 1. The van der Waals surface area contributed by atoms with E-state index in [1.807, 2.05) is 42.5 Å². The Hall–Kier alpha value is -6.43. The predicted molar refractivity (Wildman–Crippen MR) is 199 cm³/mol. The second-order valence-corrected chi connectivity index (χ2v) is 16.1. The number of hydrogen-bond acceptors (Lipinski definition) is 12. The zero-order valence-corrected chi connectivity index (χ0v) is 31.5. The smallest absolute Gasteiger partial charge is 0.414 e. The first-order valence-corrected chi connectivity index (χ1v) is 20.3. The van der Waals surface area contributed by atoms with Crippen molar-refractivity contribution in [3.63, 3.8) is 0 Å². The molecule has 9 rings (SSSR count). The number of H-pyrrole nitrogens is 1. The minimum atomic E-state index is -4.16. The molecule has 1 saturated heterocycles. The Labute approximate surface area is 326 Å². The van der Waals surface area contributed by atoms with E-state index in [0.29, 0.717) is 36.6 Å². The Morgan fingerprint density at radius 1 is 0.930 bits per heavy atom. The van der Waals surface area contributed by atoms with Crippen LogP contribution in [0.4, 0.5) is 4.79 Å². The first kappa shape index (κ1) is 36.2. The SMILES string of the molecule is O=C1[C@@H]2Cc3c([nH]c4ccccc34)[C@@H](c3ccc4c(c3)OCO4)N2C(=O)N1Cc1cn(CCCCCCCCOc2no[n+]([O-])c2S(=O)(=O)c2ccccc2)nn1. The Kier molecular flexibility index (Phi) is 9.47. The van der Waals surface area contributed by atoms with Crippen LogP contribution in [0, 0.1) is 5.21 Å². The van der Waals surface area contributed by atoms with Crippen LogP contribution in [0.2, 0.25) is 0 Å². The average molecular weight is 795 g/mol. The Bertz CT molecular complexity index is 2570. The van der Waals surface area contributed by atoms with Gasteiger partial charge >= 0.3 is 16.9 Å². The fourth-order valence-corrected chi connectivity index (χ4v) is 9.17. The molecule has 0 unspecified atom stereocenters. The van der Waals surface area contributed by atoms with Crippen molar-refractivity contribution in [2.45, 2.75) is 80.0 Å². The van der Waals surface area contributed by atoms with Gasteiger partial charge in [-0.1, -0.05) is 73.4 Å². The van der Waals surface area contributed by atoms with Gasteiger partial charge in [0.1, 0.15) is 17.8 Å². The molecular formula is C39H38N8O9S. The fourth-order valence-electron chi connectivity index (χ4n) is 7.88. The third-order valence-corrected chi connectivity index (χ3v) is 12.4. The summed E-state index contributed by atoms with van der Waals surface area (Å²) in [6.07, 6.45) is 7.30. The van der Waals surface area contributed by atoms with E-state index in [1.54, 1.807) is 34.0 Å². The summed E-state index contributed by atoms with van der Waals surface area (Å²) in [5, 5.41) is 24.5. The van der Waals surface area contributed by atoms with Crippen LogP contribution in [0.15, 0.2) is 93.5 Å². The number of hydrogen-bond donors (Lipinski definition) is 1. The molecule has 3 aliphatic rings. The normalized spacial score (nSPS) is 17.4. The third-order valence-electron chi connectivity index (χ3n) is 10.6. The quantitative estimate of drug-likeness (QED) is 0.0844. The highest BCUT2D eigenvalue weighted by Gasteiger charge is 2.53. The van der Waals surface area contributed by atoms with Crippen molar-refractivity contribution < 1.29 is 41.7 Å². The molecule has 6 aromatic rings. The minimum absolute atomic E-state index is 0.0120. The summed E-state index contributed by atoms with van der Waals surface area (Å²) < 4.78 is 48.8. The highest BCUT2D eigenvalue weighted by Crippen LogP contribution is 2.46. The summed E-state index contributed by atoms with van der Waals surface area (Å²) in [4.78, 5) is 34.5. The van der Waals surface area contributed by atoms with Gasteiger partial charge < -0.3 is 24.4 Å². The number of carbonyl (C=O) groups is 2. The van der Waals surface area contributed by atoms with E-state index in [9.17, 15) is 23.2 Å². The van der Waals surface area contributed by atoms with Crippen molar-refractivity contribution in [3.8, 4) is 17.4 Å². The molecule has 1 fully saturated rings. The van der Waals surface area contributed by atoms with E-state index < -0.39 is 26.9 Å². The standard InChI is InChI=1S/C39H38N8O9S/c48-37-31-21-29-28-14-8-9-15-30(28)40-34(29)35(25-16-17-32-33(20-25)55-24-54-32)46(31)39(49)45(37)23-26-22-44(43-41-26)18-10-3-1-2-4-11-19-53-36-38(47(50)56-42-36)57(51,52)27-12-6-5-7-13-27/h5-9,12-17,20,22,31,35,40H,1-4,10-11,18-19,21,23-24H2/t31-,35+/m0/s1. The van der Waals surface area contributed by atoms with E-state index in [2.05, 4.69) is 25.1 Å². The maximum Gasteiger partial charge on any atom is 0.414 e. The summed E-state index contributed by atoms with van der Waals surface area (Å²) in [5.41, 5.74) is 4.19. The second kappa shape index (κ2) is 14.9. The fraction of sp³-hybridized carbons (Fsp3) is 0.333. The molecule has 0 bridgehead atoms. The van der Waals surface area contributed by atoms with Crippen molar-refractivity contribution in [3.05, 3.63) is 107 Å². The maximum absolute atomic E-state index is 14.2. The van der Waals surface area contributed by atoms with Crippen LogP contribution in [-0.4, -0.2) is 74.7 Å². The van der Waals surface area contributed by atoms with Gasteiger partial charge in [0.15, 0.2) is 11.5 Å². The van der Waals surface area contributed by atoms with Crippen LogP contribution in [-0.2, 0) is 34.1 Å². The van der Waals surface area contributed by atoms with E-state index in [1.165, 1.54) is 17.0 Å².